The van der Waals surface area contributed by atoms with E-state index in [1.54, 1.807) is 0 Å². The Bertz CT molecular complexity index is 531. The third kappa shape index (κ3) is 3.23. The minimum atomic E-state index is -1.56. The minimum Gasteiger partial charge on any atom is -0.468 e. The highest BCUT2D eigenvalue weighted by Crippen LogP contribution is 2.49. The maximum atomic E-state index is 12.5. The van der Waals surface area contributed by atoms with Crippen molar-refractivity contribution in [3.8, 4) is 0 Å². The van der Waals surface area contributed by atoms with Crippen molar-refractivity contribution >= 4 is 20.0 Å². The molecule has 0 aromatic carbocycles. The molecule has 1 saturated carbocycles. The topological polar surface area (TPSA) is 52.6 Å². The van der Waals surface area contributed by atoms with Crippen molar-refractivity contribution in [2.24, 2.45) is 5.41 Å². The third-order valence-corrected chi connectivity index (χ3v) is 12.1. The number of carbonyl (C=O) groups excluding carboxylic acids is 2. The van der Waals surface area contributed by atoms with E-state index < -0.39 is 25.4 Å². The van der Waals surface area contributed by atoms with Gasteiger partial charge in [-0.05, 0) is 37.8 Å². The molecule has 1 aliphatic rings. The number of hydrogen-bond acceptors (Lipinski definition) is 4. The Morgan fingerprint density at radius 1 is 1.04 bits per heavy atom. The highest BCUT2D eigenvalue weighted by Gasteiger charge is 2.54. The Hall–Kier alpha value is -1.36. The number of allylic oxidation sites excluding steroid dienone is 4. The van der Waals surface area contributed by atoms with Gasteiger partial charge in [-0.3, -0.25) is 9.59 Å². The summed E-state index contributed by atoms with van der Waals surface area (Å²) < 4.78 is 9.94. The van der Waals surface area contributed by atoms with Crippen LogP contribution in [0, 0.1) is 5.41 Å². The molecule has 0 aliphatic heterocycles. The van der Waals surface area contributed by atoms with Crippen LogP contribution in [-0.4, -0.2) is 34.2 Å². The van der Waals surface area contributed by atoms with Gasteiger partial charge in [0, 0.05) is 0 Å². The van der Waals surface area contributed by atoms with Crippen LogP contribution in [0.15, 0.2) is 22.4 Å². The van der Waals surface area contributed by atoms with Gasteiger partial charge in [0.05, 0.1) is 22.3 Å². The van der Waals surface area contributed by atoms with E-state index in [9.17, 15) is 9.59 Å². The second-order valence-corrected chi connectivity index (χ2v) is 12.1. The first-order valence-electron chi connectivity index (χ1n) is 8.85. The largest absolute Gasteiger partial charge is 0.468 e. The summed E-state index contributed by atoms with van der Waals surface area (Å²) in [5.41, 5.74) is 1.05. The highest BCUT2D eigenvalue weighted by molar-refractivity contribution is 6.86. The Balaban J connectivity index is 3.54. The van der Waals surface area contributed by atoms with Gasteiger partial charge in [0.25, 0.3) is 0 Å². The fourth-order valence-electron chi connectivity index (χ4n) is 4.19. The van der Waals surface area contributed by atoms with E-state index in [1.807, 2.05) is 13.0 Å². The molecule has 5 heteroatoms. The number of esters is 2. The fraction of sp³-hybridized carbons (Fsp3) is 0.684. The average molecular weight is 353 g/mol. The molecule has 4 nitrogen and oxygen atoms in total. The average Bonchev–Trinajstić information content (AvgIpc) is 3.03. The van der Waals surface area contributed by atoms with Gasteiger partial charge in [0.1, 0.15) is 0 Å². The molecule has 0 atom stereocenters. The summed E-state index contributed by atoms with van der Waals surface area (Å²) in [6.45, 7) is 11.0. The van der Waals surface area contributed by atoms with Gasteiger partial charge in [-0.15, -0.1) is 0 Å². The first kappa shape index (κ1) is 20.7. The highest BCUT2D eigenvalue weighted by atomic mass is 28.3. The number of carbonyl (C=O) groups is 2. The zero-order valence-corrected chi connectivity index (χ0v) is 17.2. The Kier molecular flexibility index (Phi) is 7.02. The summed E-state index contributed by atoms with van der Waals surface area (Å²) in [4.78, 5) is 24.9. The molecule has 0 heterocycles. The normalized spacial score (nSPS) is 20.9. The van der Waals surface area contributed by atoms with Gasteiger partial charge >= 0.3 is 11.9 Å². The van der Waals surface area contributed by atoms with Gasteiger partial charge in [0.2, 0.25) is 0 Å². The van der Waals surface area contributed by atoms with Crippen molar-refractivity contribution in [1.29, 1.82) is 0 Å². The number of hydrogen-bond donors (Lipinski definition) is 0. The molecule has 0 radical (unpaired) electrons. The molecule has 0 N–H and O–H groups in total. The number of methoxy groups -OCH3 is 2. The molecule has 0 aromatic rings. The van der Waals surface area contributed by atoms with Crippen molar-refractivity contribution in [3.63, 3.8) is 0 Å². The molecular weight excluding hydrogens is 320 g/mol. The lowest BCUT2D eigenvalue weighted by Gasteiger charge is -2.31. The Morgan fingerprint density at radius 2 is 1.50 bits per heavy atom. The molecule has 0 saturated heterocycles. The molecule has 0 bridgehead atoms. The summed E-state index contributed by atoms with van der Waals surface area (Å²) in [6.07, 6.45) is 2.80. The molecular formula is C19H32O4Si. The van der Waals surface area contributed by atoms with Crippen LogP contribution >= 0.6 is 0 Å². The van der Waals surface area contributed by atoms with Crippen molar-refractivity contribution in [1.82, 2.24) is 0 Å². The van der Waals surface area contributed by atoms with Gasteiger partial charge in [-0.1, -0.05) is 50.2 Å². The zero-order valence-electron chi connectivity index (χ0n) is 16.2. The molecule has 0 amide bonds. The van der Waals surface area contributed by atoms with E-state index in [4.69, 9.17) is 9.47 Å². The van der Waals surface area contributed by atoms with Crippen LogP contribution in [0.3, 0.4) is 0 Å². The lowest BCUT2D eigenvalue weighted by atomic mass is 9.85. The van der Waals surface area contributed by atoms with E-state index in [2.05, 4.69) is 27.7 Å². The van der Waals surface area contributed by atoms with Crippen LogP contribution in [0.2, 0.25) is 18.1 Å². The second-order valence-electron chi connectivity index (χ2n) is 6.68. The van der Waals surface area contributed by atoms with Crippen molar-refractivity contribution in [2.45, 2.75) is 65.6 Å². The number of ether oxygens (including phenoxy) is 2. The van der Waals surface area contributed by atoms with Gasteiger partial charge < -0.3 is 9.47 Å². The third-order valence-electron chi connectivity index (χ3n) is 6.14. The molecule has 0 spiro atoms. The summed E-state index contributed by atoms with van der Waals surface area (Å²) in [7, 11) is 1.11. The van der Waals surface area contributed by atoms with E-state index in [-0.39, 0.29) is 0 Å². The van der Waals surface area contributed by atoms with Crippen LogP contribution in [0.25, 0.3) is 0 Å². The summed E-state index contributed by atoms with van der Waals surface area (Å²) in [6, 6.07) is 3.53. The van der Waals surface area contributed by atoms with Crippen molar-refractivity contribution < 1.29 is 19.1 Å². The van der Waals surface area contributed by atoms with Crippen molar-refractivity contribution in [2.75, 3.05) is 14.2 Å². The molecule has 136 valence electrons. The molecule has 1 rings (SSSR count). The quantitative estimate of drug-likeness (QED) is 0.403. The Morgan fingerprint density at radius 3 is 1.83 bits per heavy atom. The SMILES string of the molecule is C/C=C1\CC(C(=O)OC)(C(=O)OC)C\C1=C(/C)[Si](CC)(CC)CC. The van der Waals surface area contributed by atoms with Gasteiger partial charge in [-0.25, -0.2) is 0 Å². The van der Waals surface area contributed by atoms with E-state index in [0.717, 1.165) is 5.57 Å². The first-order chi connectivity index (χ1) is 11.3. The lowest BCUT2D eigenvalue weighted by Crippen LogP contribution is -2.39. The standard InChI is InChI=1S/C19H32O4Si/c1-8-15-12-19(17(20)22-6,18(21)23-7)13-16(15)14(5)24(9-2,10-3)11-4/h8H,9-13H2,1-7H3/b15-8+,16-14-. The van der Waals surface area contributed by atoms with E-state index in [1.165, 1.54) is 43.1 Å². The second kappa shape index (κ2) is 8.14. The van der Waals surface area contributed by atoms with Crippen LogP contribution in [-0.2, 0) is 19.1 Å². The Labute approximate surface area is 147 Å². The first-order valence-corrected chi connectivity index (χ1v) is 11.5. The molecule has 24 heavy (non-hydrogen) atoms. The smallest absolute Gasteiger partial charge is 0.323 e. The maximum Gasteiger partial charge on any atom is 0.323 e. The molecule has 0 unspecified atom stereocenters. The van der Waals surface area contributed by atoms with Crippen LogP contribution < -0.4 is 0 Å². The minimum absolute atomic E-state index is 0.372. The zero-order chi connectivity index (χ0) is 18.5. The summed E-state index contributed by atoms with van der Waals surface area (Å²) in [5, 5.41) is 1.43. The van der Waals surface area contributed by atoms with E-state index >= 15 is 0 Å². The van der Waals surface area contributed by atoms with Gasteiger partial charge in [0.15, 0.2) is 5.41 Å². The molecule has 0 aromatic heterocycles. The van der Waals surface area contributed by atoms with Crippen LogP contribution in [0.4, 0.5) is 0 Å². The maximum absolute atomic E-state index is 12.5. The molecule has 1 fully saturated rings. The monoisotopic (exact) mass is 352 g/mol. The van der Waals surface area contributed by atoms with Crippen molar-refractivity contribution in [3.05, 3.63) is 22.4 Å². The lowest BCUT2D eigenvalue weighted by molar-refractivity contribution is -0.168. The van der Waals surface area contributed by atoms with Gasteiger partial charge in [-0.2, -0.15) is 0 Å². The van der Waals surface area contributed by atoms with Crippen LogP contribution in [0.1, 0.15) is 47.5 Å². The predicted molar refractivity (Wildman–Crippen MR) is 99.4 cm³/mol. The van der Waals surface area contributed by atoms with Crippen LogP contribution in [0.5, 0.6) is 0 Å². The predicted octanol–water partition coefficient (Wildman–Crippen LogP) is 4.42. The van der Waals surface area contributed by atoms with E-state index in [0.29, 0.717) is 12.8 Å². The molecule has 1 aliphatic carbocycles. The fourth-order valence-corrected chi connectivity index (χ4v) is 8.17. The number of rotatable bonds is 6. The summed E-state index contributed by atoms with van der Waals surface area (Å²) in [5.74, 6) is -0.985. The summed E-state index contributed by atoms with van der Waals surface area (Å²) >= 11 is 0.